The summed E-state index contributed by atoms with van der Waals surface area (Å²) >= 11 is 0. The Bertz CT molecular complexity index is 209. The van der Waals surface area contributed by atoms with Gasteiger partial charge in [0.1, 0.15) is 6.29 Å². The maximum Gasteiger partial charge on any atom is 0.124 e. The summed E-state index contributed by atoms with van der Waals surface area (Å²) in [5.41, 5.74) is 0. The third-order valence-corrected chi connectivity index (χ3v) is 2.66. The molecule has 0 aromatic carbocycles. The molecule has 0 aromatic rings. The highest BCUT2D eigenvalue weighted by Gasteiger charge is 2.24. The van der Waals surface area contributed by atoms with E-state index in [2.05, 4.69) is 11.0 Å². The number of hydrogen-bond donors (Lipinski definition) is 0. The number of carbonyl (C=O) groups excluding carboxylic acids is 1. The summed E-state index contributed by atoms with van der Waals surface area (Å²) in [4.78, 5) is 12.7. The molecule has 2 unspecified atom stereocenters. The van der Waals surface area contributed by atoms with Gasteiger partial charge in [-0.1, -0.05) is 6.92 Å². The van der Waals surface area contributed by atoms with Crippen molar-refractivity contribution in [2.45, 2.75) is 32.2 Å². The van der Waals surface area contributed by atoms with Crippen LogP contribution in [0, 0.1) is 17.2 Å². The highest BCUT2D eigenvalue weighted by atomic mass is 16.1. The van der Waals surface area contributed by atoms with Crippen LogP contribution in [0.25, 0.3) is 0 Å². The maximum atomic E-state index is 10.6. The quantitative estimate of drug-likeness (QED) is 0.613. The van der Waals surface area contributed by atoms with Crippen LogP contribution in [0.5, 0.6) is 0 Å². The highest BCUT2D eigenvalue weighted by molar-refractivity contribution is 5.54. The van der Waals surface area contributed by atoms with Gasteiger partial charge in [-0.2, -0.15) is 5.26 Å². The van der Waals surface area contributed by atoms with Crippen molar-refractivity contribution in [3.05, 3.63) is 0 Å². The van der Waals surface area contributed by atoms with Gasteiger partial charge in [0.05, 0.1) is 12.1 Å². The van der Waals surface area contributed by atoms with Crippen LogP contribution in [0.4, 0.5) is 0 Å². The minimum absolute atomic E-state index is 0.00255. The predicted molar refractivity (Wildman–Crippen MR) is 50.1 cm³/mol. The zero-order valence-corrected chi connectivity index (χ0v) is 8.07. The van der Waals surface area contributed by atoms with Crippen LogP contribution in [0.2, 0.25) is 0 Å². The molecule has 3 nitrogen and oxygen atoms in total. The zero-order chi connectivity index (χ0) is 9.68. The molecule has 0 aromatic heterocycles. The fraction of sp³-hybridized carbons (Fsp3) is 0.800. The van der Waals surface area contributed by atoms with Gasteiger partial charge in [-0.15, -0.1) is 0 Å². The Morgan fingerprint density at radius 2 is 2.54 bits per heavy atom. The molecule has 1 rings (SSSR count). The minimum Gasteiger partial charge on any atom is -0.303 e. The number of aldehydes is 1. The Kier molecular flexibility index (Phi) is 3.91. The van der Waals surface area contributed by atoms with E-state index in [4.69, 9.17) is 5.26 Å². The fourth-order valence-corrected chi connectivity index (χ4v) is 1.87. The Morgan fingerprint density at radius 3 is 3.08 bits per heavy atom. The molecule has 0 N–H and O–H groups in total. The van der Waals surface area contributed by atoms with E-state index in [1.54, 1.807) is 0 Å². The number of rotatable bonds is 3. The molecule has 1 aliphatic rings. The van der Waals surface area contributed by atoms with Gasteiger partial charge in [-0.25, -0.2) is 0 Å². The van der Waals surface area contributed by atoms with E-state index in [0.717, 1.165) is 38.6 Å². The third-order valence-electron chi connectivity index (χ3n) is 2.66. The number of nitriles is 1. The second-order valence-electron chi connectivity index (χ2n) is 3.59. The molecule has 0 amide bonds. The van der Waals surface area contributed by atoms with Crippen molar-refractivity contribution >= 4 is 6.29 Å². The minimum atomic E-state index is 0.00255. The second kappa shape index (κ2) is 4.98. The van der Waals surface area contributed by atoms with Crippen LogP contribution < -0.4 is 0 Å². The van der Waals surface area contributed by atoms with Gasteiger partial charge in [0.15, 0.2) is 0 Å². The van der Waals surface area contributed by atoms with E-state index < -0.39 is 0 Å². The Morgan fingerprint density at radius 1 is 1.77 bits per heavy atom. The van der Waals surface area contributed by atoms with Crippen LogP contribution >= 0.6 is 0 Å². The van der Waals surface area contributed by atoms with Gasteiger partial charge < -0.3 is 4.79 Å². The predicted octanol–water partition coefficient (Wildman–Crippen LogP) is 1.20. The SMILES string of the molecule is CCC(C#N)N1CCCC(C=O)C1. The van der Waals surface area contributed by atoms with Crippen molar-refractivity contribution in [2.24, 2.45) is 5.92 Å². The smallest absolute Gasteiger partial charge is 0.124 e. The van der Waals surface area contributed by atoms with Crippen LogP contribution in [-0.4, -0.2) is 30.3 Å². The molecule has 0 bridgehead atoms. The molecule has 0 spiro atoms. The lowest BCUT2D eigenvalue weighted by Crippen LogP contribution is -2.42. The lowest BCUT2D eigenvalue weighted by molar-refractivity contribution is -0.112. The highest BCUT2D eigenvalue weighted by Crippen LogP contribution is 2.17. The molecule has 3 heteroatoms. The summed E-state index contributed by atoms with van der Waals surface area (Å²) in [5.74, 6) is 0.149. The third kappa shape index (κ3) is 2.53. The molecule has 0 saturated carbocycles. The zero-order valence-electron chi connectivity index (χ0n) is 8.07. The van der Waals surface area contributed by atoms with E-state index in [1.807, 2.05) is 6.92 Å². The van der Waals surface area contributed by atoms with Crippen LogP contribution in [0.1, 0.15) is 26.2 Å². The van der Waals surface area contributed by atoms with Crippen molar-refractivity contribution in [2.75, 3.05) is 13.1 Å². The van der Waals surface area contributed by atoms with E-state index >= 15 is 0 Å². The fourth-order valence-electron chi connectivity index (χ4n) is 1.87. The standard InChI is InChI=1S/C10H16N2O/c1-2-10(6-11)12-5-3-4-9(7-12)8-13/h8-10H,2-5,7H2,1H3. The summed E-state index contributed by atoms with van der Waals surface area (Å²) < 4.78 is 0. The molecule has 13 heavy (non-hydrogen) atoms. The van der Waals surface area contributed by atoms with Gasteiger partial charge in [-0.3, -0.25) is 4.90 Å². The molecule has 72 valence electrons. The Balaban J connectivity index is 2.50. The summed E-state index contributed by atoms with van der Waals surface area (Å²) in [6.07, 6.45) is 3.90. The Labute approximate surface area is 79.3 Å². The summed E-state index contributed by atoms with van der Waals surface area (Å²) in [6, 6.07) is 2.28. The number of nitrogens with zero attached hydrogens (tertiary/aromatic N) is 2. The van der Waals surface area contributed by atoms with Crippen LogP contribution in [0.3, 0.4) is 0 Å². The molecule has 2 atom stereocenters. The van der Waals surface area contributed by atoms with Gasteiger partial charge in [0.25, 0.3) is 0 Å². The average Bonchev–Trinajstić information content (AvgIpc) is 2.20. The van der Waals surface area contributed by atoms with Gasteiger partial charge >= 0.3 is 0 Å². The van der Waals surface area contributed by atoms with E-state index in [9.17, 15) is 4.79 Å². The number of hydrogen-bond acceptors (Lipinski definition) is 3. The van der Waals surface area contributed by atoms with E-state index in [-0.39, 0.29) is 12.0 Å². The monoisotopic (exact) mass is 180 g/mol. The molecule has 1 heterocycles. The van der Waals surface area contributed by atoms with E-state index in [1.165, 1.54) is 0 Å². The van der Waals surface area contributed by atoms with Crippen molar-refractivity contribution in [3.63, 3.8) is 0 Å². The summed E-state index contributed by atoms with van der Waals surface area (Å²) in [6.45, 7) is 3.75. The van der Waals surface area contributed by atoms with Crippen molar-refractivity contribution in [3.8, 4) is 6.07 Å². The van der Waals surface area contributed by atoms with Gasteiger partial charge in [-0.05, 0) is 25.8 Å². The molecule has 1 aliphatic heterocycles. The summed E-state index contributed by atoms with van der Waals surface area (Å²) in [5, 5.41) is 8.86. The number of likely N-dealkylation sites (tertiary alicyclic amines) is 1. The van der Waals surface area contributed by atoms with Crippen molar-refractivity contribution in [1.82, 2.24) is 4.90 Å². The van der Waals surface area contributed by atoms with E-state index in [0.29, 0.717) is 0 Å². The van der Waals surface area contributed by atoms with Crippen LogP contribution in [0.15, 0.2) is 0 Å². The molecular formula is C10H16N2O. The molecule has 0 aliphatic carbocycles. The molecule has 0 radical (unpaired) electrons. The normalized spacial score (nSPS) is 26.3. The Hall–Kier alpha value is -0.880. The topological polar surface area (TPSA) is 44.1 Å². The number of carbonyl (C=O) groups is 1. The molecular weight excluding hydrogens is 164 g/mol. The number of piperidine rings is 1. The lowest BCUT2D eigenvalue weighted by atomic mass is 9.98. The first-order chi connectivity index (χ1) is 6.31. The van der Waals surface area contributed by atoms with Gasteiger partial charge in [0.2, 0.25) is 0 Å². The largest absolute Gasteiger partial charge is 0.303 e. The molecule has 1 saturated heterocycles. The first-order valence-electron chi connectivity index (χ1n) is 4.90. The second-order valence-corrected chi connectivity index (χ2v) is 3.59. The van der Waals surface area contributed by atoms with Crippen molar-refractivity contribution in [1.29, 1.82) is 5.26 Å². The maximum absolute atomic E-state index is 10.6. The first-order valence-corrected chi connectivity index (χ1v) is 4.90. The average molecular weight is 180 g/mol. The van der Waals surface area contributed by atoms with Crippen LogP contribution in [-0.2, 0) is 4.79 Å². The summed E-state index contributed by atoms with van der Waals surface area (Å²) in [7, 11) is 0. The van der Waals surface area contributed by atoms with Crippen molar-refractivity contribution < 1.29 is 4.79 Å². The lowest BCUT2D eigenvalue weighted by Gasteiger charge is -2.32. The molecule has 1 fully saturated rings. The first kappa shape index (κ1) is 10.2. The van der Waals surface area contributed by atoms with Gasteiger partial charge in [0, 0.05) is 12.5 Å².